The van der Waals surface area contributed by atoms with Crippen molar-refractivity contribution in [2.75, 3.05) is 6.61 Å². The number of aryl methyl sites for hydroxylation is 3. The topological polar surface area (TPSA) is 44.1 Å². The van der Waals surface area contributed by atoms with Gasteiger partial charge in [0.05, 0.1) is 12.3 Å². The van der Waals surface area contributed by atoms with Gasteiger partial charge in [0.15, 0.2) is 5.69 Å². The molecule has 0 spiro atoms. The molecule has 0 unspecified atom stereocenters. The van der Waals surface area contributed by atoms with E-state index in [1.165, 1.54) is 5.56 Å². The van der Waals surface area contributed by atoms with E-state index in [2.05, 4.69) is 31.0 Å². The van der Waals surface area contributed by atoms with Gasteiger partial charge in [0.2, 0.25) is 0 Å². The first kappa shape index (κ1) is 18.2. The second-order valence-electron chi connectivity index (χ2n) is 6.27. The van der Waals surface area contributed by atoms with Crippen molar-refractivity contribution in [3.63, 3.8) is 0 Å². The molecule has 26 heavy (non-hydrogen) atoms. The first-order valence-corrected chi connectivity index (χ1v) is 8.89. The van der Waals surface area contributed by atoms with Gasteiger partial charge in [-0.25, -0.2) is 9.78 Å². The van der Waals surface area contributed by atoms with Crippen molar-refractivity contribution in [3.8, 4) is 17.1 Å². The minimum absolute atomic E-state index is 0.277. The van der Waals surface area contributed by atoms with Crippen molar-refractivity contribution in [1.29, 1.82) is 0 Å². The average molecular weight is 369 g/mol. The van der Waals surface area contributed by atoms with Crippen molar-refractivity contribution in [3.05, 3.63) is 70.0 Å². The van der Waals surface area contributed by atoms with Crippen LogP contribution in [0, 0.1) is 20.8 Å². The fourth-order valence-corrected chi connectivity index (χ4v) is 2.96. The summed E-state index contributed by atoms with van der Waals surface area (Å²) in [6.45, 7) is 8.21. The number of benzene rings is 2. The molecular weight excluding hydrogens is 348 g/mol. The van der Waals surface area contributed by atoms with Crippen molar-refractivity contribution in [1.82, 2.24) is 9.55 Å². The molecule has 3 rings (SSSR count). The average Bonchev–Trinajstić information content (AvgIpc) is 3.05. The van der Waals surface area contributed by atoms with Crippen LogP contribution in [0.15, 0.2) is 42.6 Å². The monoisotopic (exact) mass is 368 g/mol. The van der Waals surface area contributed by atoms with E-state index < -0.39 is 5.97 Å². The molecule has 0 radical (unpaired) electrons. The van der Waals surface area contributed by atoms with Crippen molar-refractivity contribution in [2.24, 2.45) is 0 Å². The van der Waals surface area contributed by atoms with E-state index >= 15 is 0 Å². The van der Waals surface area contributed by atoms with Crippen LogP contribution in [-0.2, 0) is 4.74 Å². The van der Waals surface area contributed by atoms with E-state index in [-0.39, 0.29) is 5.69 Å². The predicted molar refractivity (Wildman–Crippen MR) is 104 cm³/mol. The summed E-state index contributed by atoms with van der Waals surface area (Å²) in [6.07, 6.45) is 1.71. The van der Waals surface area contributed by atoms with Crippen LogP contribution in [-0.4, -0.2) is 22.1 Å². The first-order valence-electron chi connectivity index (χ1n) is 8.51. The fraction of sp³-hybridized carbons (Fsp3) is 0.238. The highest BCUT2D eigenvalue weighted by atomic mass is 35.5. The van der Waals surface area contributed by atoms with Gasteiger partial charge in [-0.3, -0.25) is 4.57 Å². The van der Waals surface area contributed by atoms with Crippen LogP contribution in [0.4, 0.5) is 0 Å². The molecule has 0 aliphatic heterocycles. The van der Waals surface area contributed by atoms with Crippen LogP contribution in [0.1, 0.15) is 34.1 Å². The highest BCUT2D eigenvalue weighted by Crippen LogP contribution is 2.28. The molecule has 0 N–H and O–H groups in total. The number of aromatic nitrogens is 2. The summed E-state index contributed by atoms with van der Waals surface area (Å²) in [5.74, 6) is 0.248. The number of nitrogens with zero attached hydrogens (tertiary/aromatic N) is 2. The number of carbonyl (C=O) groups excluding carboxylic acids is 1. The maximum atomic E-state index is 12.2. The number of hydrogen-bond donors (Lipinski definition) is 0. The Labute approximate surface area is 158 Å². The zero-order chi connectivity index (χ0) is 18.8. The summed E-state index contributed by atoms with van der Waals surface area (Å²) >= 11 is 6.20. The minimum Gasteiger partial charge on any atom is -0.461 e. The summed E-state index contributed by atoms with van der Waals surface area (Å²) in [7, 11) is 0. The van der Waals surface area contributed by atoms with E-state index in [0.29, 0.717) is 17.5 Å². The molecule has 134 valence electrons. The van der Waals surface area contributed by atoms with Gasteiger partial charge in [-0.05, 0) is 62.6 Å². The Morgan fingerprint density at radius 2 is 1.81 bits per heavy atom. The number of ether oxygens (including phenoxy) is 1. The molecule has 0 aliphatic rings. The van der Waals surface area contributed by atoms with E-state index in [1.807, 2.05) is 35.8 Å². The first-order chi connectivity index (χ1) is 12.4. The molecule has 0 atom stereocenters. The molecule has 2 aromatic carbocycles. The lowest BCUT2D eigenvalue weighted by atomic mass is 10.1. The molecule has 0 saturated heterocycles. The number of esters is 1. The third kappa shape index (κ3) is 3.51. The summed E-state index contributed by atoms with van der Waals surface area (Å²) in [5.41, 5.74) is 5.50. The molecular formula is C21H21ClN2O2. The van der Waals surface area contributed by atoms with Gasteiger partial charge >= 0.3 is 5.97 Å². The molecule has 1 aromatic heterocycles. The molecule has 4 nitrogen and oxygen atoms in total. The van der Waals surface area contributed by atoms with E-state index in [0.717, 1.165) is 22.4 Å². The van der Waals surface area contributed by atoms with Gasteiger partial charge in [-0.1, -0.05) is 29.8 Å². The number of halogens is 1. The Bertz CT molecular complexity index is 976. The van der Waals surface area contributed by atoms with Crippen LogP contribution < -0.4 is 0 Å². The van der Waals surface area contributed by atoms with E-state index in [4.69, 9.17) is 16.3 Å². The molecule has 3 aromatic rings. The second-order valence-corrected chi connectivity index (χ2v) is 6.71. The maximum absolute atomic E-state index is 12.2. The molecule has 0 bridgehead atoms. The Hall–Kier alpha value is -2.59. The summed E-state index contributed by atoms with van der Waals surface area (Å²) < 4.78 is 7.02. The van der Waals surface area contributed by atoms with Gasteiger partial charge in [0, 0.05) is 16.8 Å². The molecule has 1 heterocycles. The molecule has 0 saturated carbocycles. The lowest BCUT2D eigenvalue weighted by Crippen LogP contribution is -2.04. The van der Waals surface area contributed by atoms with Crippen LogP contribution in [0.5, 0.6) is 0 Å². The lowest BCUT2D eigenvalue weighted by Gasteiger charge is -2.12. The normalized spacial score (nSPS) is 10.8. The number of rotatable bonds is 4. The number of carbonyl (C=O) groups is 1. The quantitative estimate of drug-likeness (QED) is 0.587. The van der Waals surface area contributed by atoms with Gasteiger partial charge < -0.3 is 4.74 Å². The zero-order valence-electron chi connectivity index (χ0n) is 15.3. The smallest absolute Gasteiger partial charge is 0.358 e. The van der Waals surface area contributed by atoms with Crippen molar-refractivity contribution < 1.29 is 9.53 Å². The second kappa shape index (κ2) is 7.34. The summed E-state index contributed by atoms with van der Waals surface area (Å²) in [5, 5.41) is 0.628. The van der Waals surface area contributed by atoms with E-state index in [1.54, 1.807) is 13.1 Å². The maximum Gasteiger partial charge on any atom is 0.358 e. The fourth-order valence-electron chi connectivity index (χ4n) is 2.79. The molecule has 5 heteroatoms. The van der Waals surface area contributed by atoms with Gasteiger partial charge in [-0.15, -0.1) is 0 Å². The Kier molecular flexibility index (Phi) is 5.14. The highest BCUT2D eigenvalue weighted by Gasteiger charge is 2.19. The standard InChI is InChI=1S/C21H21ClN2O2/c1-5-26-21(25)18-12-24(19-11-17(22)9-7-14(19)3)20(23-18)16-8-6-13(2)15(4)10-16/h6-12H,5H2,1-4H3. The summed E-state index contributed by atoms with van der Waals surface area (Å²) in [6, 6.07) is 11.8. The predicted octanol–water partition coefficient (Wildman–Crippen LogP) is 5.29. The third-order valence-electron chi connectivity index (χ3n) is 4.39. The molecule has 0 fully saturated rings. The van der Waals surface area contributed by atoms with Crippen LogP contribution >= 0.6 is 11.6 Å². The Morgan fingerprint density at radius 3 is 2.50 bits per heavy atom. The molecule has 0 amide bonds. The number of imidazole rings is 1. The van der Waals surface area contributed by atoms with E-state index in [9.17, 15) is 4.79 Å². The van der Waals surface area contributed by atoms with Gasteiger partial charge in [-0.2, -0.15) is 0 Å². The van der Waals surface area contributed by atoms with Crippen molar-refractivity contribution in [2.45, 2.75) is 27.7 Å². The van der Waals surface area contributed by atoms with Gasteiger partial charge in [0.25, 0.3) is 0 Å². The van der Waals surface area contributed by atoms with Gasteiger partial charge in [0.1, 0.15) is 5.82 Å². The largest absolute Gasteiger partial charge is 0.461 e. The Balaban J connectivity index is 2.22. The van der Waals surface area contributed by atoms with Crippen LogP contribution in [0.25, 0.3) is 17.1 Å². The Morgan fingerprint density at radius 1 is 1.08 bits per heavy atom. The molecule has 0 aliphatic carbocycles. The third-order valence-corrected chi connectivity index (χ3v) is 4.62. The van der Waals surface area contributed by atoms with Crippen LogP contribution in [0.2, 0.25) is 5.02 Å². The minimum atomic E-state index is -0.434. The zero-order valence-corrected chi connectivity index (χ0v) is 16.1. The van der Waals surface area contributed by atoms with Crippen molar-refractivity contribution >= 4 is 17.6 Å². The SMILES string of the molecule is CCOC(=O)c1cn(-c2cc(Cl)ccc2C)c(-c2ccc(C)c(C)c2)n1. The summed E-state index contributed by atoms with van der Waals surface area (Å²) in [4.78, 5) is 16.8. The highest BCUT2D eigenvalue weighted by molar-refractivity contribution is 6.30. The lowest BCUT2D eigenvalue weighted by molar-refractivity contribution is 0.0520. The number of hydrogen-bond acceptors (Lipinski definition) is 3. The van der Waals surface area contributed by atoms with Crippen LogP contribution in [0.3, 0.4) is 0 Å².